The molecular weight excluding hydrogens is 1700 g/mol. The largest absolute Gasteiger partial charge is 4.00 e. The summed E-state index contributed by atoms with van der Waals surface area (Å²) in [6, 6.07) is 0. The zero-order chi connectivity index (χ0) is 95.0. The van der Waals surface area contributed by atoms with Gasteiger partial charge in [-0.25, -0.2) is 0 Å². The molecule has 0 aliphatic heterocycles. The van der Waals surface area contributed by atoms with Gasteiger partial charge in [0, 0.05) is 26.4 Å². The van der Waals surface area contributed by atoms with E-state index in [1.165, 1.54) is 539 Å². The fraction of sp³-hybridized carbons (Fsp3) is 0.966. The van der Waals surface area contributed by atoms with E-state index in [2.05, 4.69) is 83.1 Å². The molecule has 0 aromatic rings. The first-order valence-corrected chi connectivity index (χ1v) is 57.7. The summed E-state index contributed by atoms with van der Waals surface area (Å²) >= 11 is 0. The van der Waals surface area contributed by atoms with Crippen molar-refractivity contribution >= 4 is 48.5 Å². The summed E-state index contributed by atoms with van der Waals surface area (Å²) in [5, 5.41) is 42.7. The van der Waals surface area contributed by atoms with Crippen molar-refractivity contribution in [2.45, 2.75) is 674 Å². The topological polar surface area (TPSA) is 197 Å². The van der Waals surface area contributed by atoms with Crippen LogP contribution in [0.2, 0.25) is 0 Å². The van der Waals surface area contributed by atoms with Gasteiger partial charge in [0.1, 0.15) is 0 Å². The Balaban J connectivity index is -0.000000528. The molecule has 0 rings (SSSR count). The Kier molecular flexibility index (Phi) is 115. The van der Waals surface area contributed by atoms with Crippen LogP contribution in [0.25, 0.3) is 0 Å². The Morgan fingerprint density at radius 2 is 0.217 bits per heavy atom. The Bertz CT molecular complexity index is 1720. The quantitative estimate of drug-likeness (QED) is 0.0242. The molecule has 0 heterocycles. The van der Waals surface area contributed by atoms with E-state index < -0.39 is 24.6 Å². The normalized spacial score (nSPS) is 11.6. The van der Waals surface area contributed by atoms with E-state index in [9.17, 15) is 39.6 Å². The molecule has 0 fully saturated rings. The van der Waals surface area contributed by atoms with Crippen LogP contribution in [-0.2, 0) is 18.9 Å². The molecule has 0 aromatic carbocycles. The van der Waals surface area contributed by atoms with Crippen LogP contribution in [0, 0.1) is 21.7 Å². The van der Waals surface area contributed by atoms with Gasteiger partial charge >= 0.3 is 23.9 Å². The van der Waals surface area contributed by atoms with Gasteiger partial charge in [0.15, 0.2) is 0 Å². The van der Waals surface area contributed by atoms with Crippen molar-refractivity contribution in [3.8, 4) is 0 Å². The molecule has 0 amide bonds. The second-order valence-electron chi connectivity index (χ2n) is 41.0. The number of hydrogen-bond acceptors (Lipinski definition) is 12. The molecule has 12 nitrogen and oxygen atoms in total. The predicted molar refractivity (Wildman–Crippen MR) is 554 cm³/mol. The Labute approximate surface area is 823 Å². The van der Waals surface area contributed by atoms with Gasteiger partial charge in [-0.3, -0.25) is 0 Å². The van der Waals surface area contributed by atoms with Crippen molar-refractivity contribution in [1.82, 2.24) is 0 Å². The van der Waals surface area contributed by atoms with Gasteiger partial charge in [0.05, 0.1) is 0 Å². The van der Waals surface area contributed by atoms with Gasteiger partial charge in [0.2, 0.25) is 0 Å². The van der Waals surface area contributed by atoms with Crippen molar-refractivity contribution in [3.63, 3.8) is 0 Å². The van der Waals surface area contributed by atoms with Crippen molar-refractivity contribution in [2.24, 2.45) is 21.7 Å². The van der Waals surface area contributed by atoms with Crippen LogP contribution in [0.5, 0.6) is 0 Å². The number of rotatable bonds is 100. The van der Waals surface area contributed by atoms with E-state index in [4.69, 9.17) is 18.9 Å². The number of carboxylic acid groups (broad SMARTS) is 4. The number of carbonyl (C=O) groups excluding carboxylic acids is 4. The number of hydrogen-bond donors (Lipinski definition) is 0. The van der Waals surface area contributed by atoms with Crippen LogP contribution in [-0.4, -0.2) is 75.0 Å². The van der Waals surface area contributed by atoms with Gasteiger partial charge in [-0.1, -0.05) is 545 Å². The SMILES string of the molecule is CCCCCCCCC(CCCCCCCC)(CCCCCCCC)CCCOC(=O)[O-].CCCCCCCCC(CCCCCCCC)(CCCCCCCC)CCCOC(=O)[O-].CCCCCCCCC(CCCCCCCC)(CCCCCCCC)CCCOC(=O)[O-].CCCCCCCCC(CCCCCCCC)(CCCCCCCC)CCCOC(=O)[O-].[Sn+4]. The first-order chi connectivity index (χ1) is 62.4. The Morgan fingerprint density at radius 3 is 0.302 bits per heavy atom. The molecule has 0 aromatic heterocycles. The van der Waals surface area contributed by atoms with E-state index in [1.807, 2.05) is 0 Å². The first-order valence-electron chi connectivity index (χ1n) is 57.7. The summed E-state index contributed by atoms with van der Waals surface area (Å²) in [4.78, 5) is 42.7. The molecule has 0 saturated carbocycles. The maximum absolute atomic E-state index is 10.7. The maximum Gasteiger partial charge on any atom is 4.00 e. The molecule has 0 aliphatic carbocycles. The molecule has 768 valence electrons. The summed E-state index contributed by atoms with van der Waals surface area (Å²) in [6.07, 6.45) is 115. The first kappa shape index (κ1) is 135. The average molecular weight is 1930 g/mol. The van der Waals surface area contributed by atoms with Gasteiger partial charge < -0.3 is 58.6 Å². The minimum absolute atomic E-state index is 0. The van der Waals surface area contributed by atoms with Crippen molar-refractivity contribution in [1.29, 1.82) is 0 Å². The van der Waals surface area contributed by atoms with E-state index in [-0.39, 0.29) is 23.9 Å². The van der Waals surface area contributed by atoms with Crippen molar-refractivity contribution < 1.29 is 58.6 Å². The molecule has 0 radical (unpaired) electrons. The zero-order valence-electron chi connectivity index (χ0n) is 89.3. The van der Waals surface area contributed by atoms with Crippen molar-refractivity contribution in [3.05, 3.63) is 0 Å². The Hall–Kier alpha value is -2.12. The van der Waals surface area contributed by atoms with Crippen LogP contribution >= 0.6 is 0 Å². The smallest absolute Gasteiger partial charge is 0.550 e. The molecule has 0 saturated heterocycles. The predicted octanol–water partition coefficient (Wildman–Crippen LogP) is 37.1. The number of carbonyl (C=O) groups is 4. The van der Waals surface area contributed by atoms with Gasteiger partial charge in [0.25, 0.3) is 24.6 Å². The molecule has 0 aliphatic rings. The molecule has 0 atom stereocenters. The summed E-state index contributed by atoms with van der Waals surface area (Å²) in [5.74, 6) is 0. The van der Waals surface area contributed by atoms with Crippen LogP contribution in [0.1, 0.15) is 674 Å². The van der Waals surface area contributed by atoms with E-state index >= 15 is 0 Å². The second kappa shape index (κ2) is 110. The third-order valence-electron chi connectivity index (χ3n) is 29.0. The summed E-state index contributed by atoms with van der Waals surface area (Å²) in [7, 11) is 0. The van der Waals surface area contributed by atoms with Gasteiger partial charge in [-0.2, -0.15) is 0 Å². The number of ether oxygens (including phenoxy) is 4. The second-order valence-corrected chi connectivity index (χ2v) is 41.0. The van der Waals surface area contributed by atoms with E-state index in [1.54, 1.807) is 0 Å². The van der Waals surface area contributed by atoms with Crippen LogP contribution in [0.4, 0.5) is 19.2 Å². The molecule has 0 N–H and O–H groups in total. The summed E-state index contributed by atoms with van der Waals surface area (Å²) in [6.45, 7) is 28.5. The fourth-order valence-corrected chi connectivity index (χ4v) is 20.8. The third kappa shape index (κ3) is 102. The fourth-order valence-electron chi connectivity index (χ4n) is 20.8. The average Bonchev–Trinajstić information content (AvgIpc) is 0.888. The van der Waals surface area contributed by atoms with Crippen LogP contribution in [0.15, 0.2) is 0 Å². The molecule has 0 spiro atoms. The van der Waals surface area contributed by atoms with Crippen LogP contribution in [0.3, 0.4) is 0 Å². The van der Waals surface area contributed by atoms with E-state index in [0.29, 0.717) is 48.1 Å². The third-order valence-corrected chi connectivity index (χ3v) is 29.0. The minimum Gasteiger partial charge on any atom is -0.550 e. The summed E-state index contributed by atoms with van der Waals surface area (Å²) in [5.41, 5.74) is 1.54. The monoisotopic (exact) mass is 1930 g/mol. The minimum atomic E-state index is -1.38. The number of unbranched alkanes of at least 4 members (excludes halogenated alkanes) is 60. The van der Waals surface area contributed by atoms with Gasteiger partial charge in [-0.15, -0.1) is 0 Å². The van der Waals surface area contributed by atoms with Crippen molar-refractivity contribution in [2.75, 3.05) is 26.4 Å². The molecular formula is C116H228O12Sn. The summed E-state index contributed by atoms with van der Waals surface area (Å²) < 4.78 is 19.0. The molecule has 13 heteroatoms. The Morgan fingerprint density at radius 1 is 0.140 bits per heavy atom. The molecule has 129 heavy (non-hydrogen) atoms. The molecule has 0 bridgehead atoms. The standard InChI is InChI=1S/4C29H58O3.Sn/c4*1-4-7-10-13-16-19-23-29(26-22-27-32-28(30)31,24-20-17-14-11-8-5-2)25-21-18-15-12-9-6-3;/h4*4-27H2,1-3H3,(H,30,31);/q;;;;+4/p-4. The maximum atomic E-state index is 10.7. The van der Waals surface area contributed by atoms with Crippen LogP contribution < -0.4 is 20.4 Å². The zero-order valence-corrected chi connectivity index (χ0v) is 92.1. The van der Waals surface area contributed by atoms with Gasteiger partial charge in [-0.05, 0) is 150 Å². The molecule has 0 unspecified atom stereocenters. The van der Waals surface area contributed by atoms with E-state index in [0.717, 1.165) is 51.4 Å².